The molecule has 0 spiro atoms. The lowest BCUT2D eigenvalue weighted by Crippen LogP contribution is -2.74. The highest BCUT2D eigenvalue weighted by atomic mass is 32.2. The second-order valence-corrected chi connectivity index (χ2v) is 12.7. The molecule has 2 fully saturated rings. The van der Waals surface area contributed by atoms with E-state index in [0.717, 1.165) is 16.5 Å². The molecule has 9 nitrogen and oxygen atoms in total. The number of benzene rings is 1. The van der Waals surface area contributed by atoms with Crippen molar-refractivity contribution in [3.8, 4) is 0 Å². The van der Waals surface area contributed by atoms with E-state index in [1.807, 2.05) is 12.1 Å². The lowest BCUT2D eigenvalue weighted by molar-refractivity contribution is -0.152. The Morgan fingerprint density at radius 2 is 2.12 bits per heavy atom. The molecule has 2 aliphatic heterocycles. The third-order valence-electron chi connectivity index (χ3n) is 5.58. The van der Waals surface area contributed by atoms with Crippen molar-refractivity contribution in [3.05, 3.63) is 51.6 Å². The van der Waals surface area contributed by atoms with Crippen LogP contribution in [-0.4, -0.2) is 61.2 Å². The Morgan fingerprint density at radius 3 is 2.85 bits per heavy atom. The monoisotopic (exact) mass is 534 g/mol. The number of carboxylic acid groups (broad SMARTS) is 1. The molecule has 2 aliphatic rings. The van der Waals surface area contributed by atoms with Gasteiger partial charge in [-0.2, -0.15) is 0 Å². The van der Waals surface area contributed by atoms with Gasteiger partial charge in [0, 0.05) is 33.8 Å². The number of aromatic nitrogens is 1. The first kappa shape index (κ1) is 23.1. The number of rotatable bonds is 6. The SMILES string of the molecule is Nc1nc(CC(=O)NC2C(=O)N3CC(Sc4cc(=O)c5ccccc5s4)(C(=O)O)CS[C@H]23)cs1. The number of carbonyl (C=O) groups is 3. The lowest BCUT2D eigenvalue weighted by atomic mass is 10.0. The molecule has 3 aromatic rings. The molecule has 2 saturated heterocycles. The number of amides is 2. The number of carbonyl (C=O) groups excluding carboxylic acids is 2. The van der Waals surface area contributed by atoms with E-state index in [9.17, 15) is 24.3 Å². The van der Waals surface area contributed by atoms with Crippen molar-refractivity contribution in [1.82, 2.24) is 15.2 Å². The van der Waals surface area contributed by atoms with Gasteiger partial charge in [-0.25, -0.2) is 4.98 Å². The van der Waals surface area contributed by atoms with Crippen LogP contribution in [0, 0.1) is 0 Å². The third kappa shape index (κ3) is 4.17. The smallest absolute Gasteiger partial charge is 0.322 e. The molecule has 1 aromatic carbocycles. The van der Waals surface area contributed by atoms with Crippen LogP contribution in [0.25, 0.3) is 10.1 Å². The van der Waals surface area contributed by atoms with E-state index in [-0.39, 0.29) is 41.3 Å². The summed E-state index contributed by atoms with van der Waals surface area (Å²) in [5.74, 6) is -1.47. The van der Waals surface area contributed by atoms with Gasteiger partial charge in [-0.05, 0) is 12.1 Å². The van der Waals surface area contributed by atoms with Gasteiger partial charge in [-0.1, -0.05) is 23.9 Å². The van der Waals surface area contributed by atoms with Crippen LogP contribution in [0.2, 0.25) is 0 Å². The lowest BCUT2D eigenvalue weighted by Gasteiger charge is -2.53. The summed E-state index contributed by atoms with van der Waals surface area (Å²) in [7, 11) is 0. The third-order valence-corrected chi connectivity index (χ3v) is 10.6. The van der Waals surface area contributed by atoms with E-state index in [0.29, 0.717) is 20.4 Å². The summed E-state index contributed by atoms with van der Waals surface area (Å²) >= 11 is 5.03. The zero-order valence-electron chi connectivity index (χ0n) is 17.4. The number of thiazole rings is 1. The summed E-state index contributed by atoms with van der Waals surface area (Å²) in [5.41, 5.74) is 5.96. The summed E-state index contributed by atoms with van der Waals surface area (Å²) in [6.45, 7) is -0.00771. The molecule has 13 heteroatoms. The number of nitrogens with zero attached hydrogens (tertiary/aromatic N) is 2. The summed E-state index contributed by atoms with van der Waals surface area (Å²) in [5, 5.41) is 15.2. The largest absolute Gasteiger partial charge is 0.480 e. The van der Waals surface area contributed by atoms with E-state index in [1.54, 1.807) is 17.5 Å². The van der Waals surface area contributed by atoms with Crippen LogP contribution in [-0.2, 0) is 20.8 Å². The van der Waals surface area contributed by atoms with Crippen LogP contribution in [0.1, 0.15) is 5.69 Å². The van der Waals surface area contributed by atoms with Crippen molar-refractivity contribution < 1.29 is 19.5 Å². The Labute approximate surface area is 209 Å². The molecule has 2 amide bonds. The topological polar surface area (TPSA) is 143 Å². The maximum Gasteiger partial charge on any atom is 0.322 e. The fourth-order valence-electron chi connectivity index (χ4n) is 3.90. The molecular formula is C21H18N4O5S4. The van der Waals surface area contributed by atoms with Crippen molar-refractivity contribution in [2.45, 2.75) is 26.8 Å². The molecule has 0 aliphatic carbocycles. The number of nitrogens with two attached hydrogens (primary N) is 1. The second-order valence-electron chi connectivity index (χ2n) is 7.89. The van der Waals surface area contributed by atoms with Gasteiger partial charge in [0.15, 0.2) is 10.6 Å². The average Bonchev–Trinajstić information content (AvgIpc) is 3.21. The molecule has 2 aromatic heterocycles. The highest BCUT2D eigenvalue weighted by Crippen LogP contribution is 2.47. The molecule has 5 rings (SSSR count). The number of fused-ring (bicyclic) bond motifs is 2. The number of aliphatic carboxylic acids is 1. The predicted molar refractivity (Wildman–Crippen MR) is 134 cm³/mol. The number of nitrogens with one attached hydrogen (secondary N) is 1. The fraction of sp³-hybridized carbons (Fsp3) is 0.286. The molecule has 3 atom stereocenters. The Balaban J connectivity index is 1.29. The van der Waals surface area contributed by atoms with Gasteiger partial charge in [0.2, 0.25) is 11.8 Å². The maximum atomic E-state index is 12.8. The molecule has 4 N–H and O–H groups in total. The van der Waals surface area contributed by atoms with Crippen molar-refractivity contribution >= 4 is 79.2 Å². The number of β-lactam (4-membered cyclic amide) rings is 1. The average molecular weight is 535 g/mol. The number of thioether (sulfide) groups is 2. The molecule has 0 radical (unpaired) electrons. The summed E-state index contributed by atoms with van der Waals surface area (Å²) < 4.78 is 0.0737. The van der Waals surface area contributed by atoms with E-state index < -0.39 is 16.8 Å². The summed E-state index contributed by atoms with van der Waals surface area (Å²) in [6, 6.07) is 7.95. The first-order valence-electron chi connectivity index (χ1n) is 10.1. The van der Waals surface area contributed by atoms with Gasteiger partial charge in [-0.15, -0.1) is 34.4 Å². The molecule has 0 saturated carbocycles. The Bertz CT molecular complexity index is 1370. The molecule has 2 unspecified atom stereocenters. The number of hydrogen-bond donors (Lipinski definition) is 3. The van der Waals surface area contributed by atoms with Crippen LogP contribution in [0.3, 0.4) is 0 Å². The highest BCUT2D eigenvalue weighted by Gasteiger charge is 2.58. The van der Waals surface area contributed by atoms with Gasteiger partial charge in [0.05, 0.1) is 16.3 Å². The Morgan fingerprint density at radius 1 is 1.32 bits per heavy atom. The quantitative estimate of drug-likeness (QED) is 0.404. The number of hydrogen-bond acceptors (Lipinski definition) is 10. The predicted octanol–water partition coefficient (Wildman–Crippen LogP) is 1.86. The molecule has 34 heavy (non-hydrogen) atoms. The molecule has 4 heterocycles. The van der Waals surface area contributed by atoms with Crippen molar-refractivity contribution in [2.24, 2.45) is 0 Å². The number of anilines is 1. The standard InChI is InChI=1S/C21H18N4O5S4/c22-20-23-10(7-31-20)5-14(27)24-16-17(28)25-8-21(19(29)30,9-32-18(16)25)34-15-6-12(26)11-3-1-2-4-13(11)33-15/h1-4,6-7,16,18H,5,8-9H2,(H2,22,23)(H,24,27)(H,29,30)/t16?,18-,21?/m1/s1. The minimum absolute atomic E-state index is 0.00771. The minimum Gasteiger partial charge on any atom is -0.480 e. The molecular weight excluding hydrogens is 517 g/mol. The van der Waals surface area contributed by atoms with Gasteiger partial charge in [0.25, 0.3) is 0 Å². The van der Waals surface area contributed by atoms with E-state index in [1.165, 1.54) is 45.4 Å². The van der Waals surface area contributed by atoms with E-state index in [2.05, 4.69) is 10.3 Å². The van der Waals surface area contributed by atoms with Gasteiger partial charge in [-0.3, -0.25) is 19.2 Å². The normalized spacial score (nSPS) is 23.9. The van der Waals surface area contributed by atoms with Gasteiger partial charge in [0.1, 0.15) is 16.2 Å². The van der Waals surface area contributed by atoms with Gasteiger partial charge >= 0.3 is 5.97 Å². The first-order chi connectivity index (χ1) is 16.3. The van der Waals surface area contributed by atoms with Crippen LogP contribution in [0.4, 0.5) is 5.13 Å². The zero-order valence-corrected chi connectivity index (χ0v) is 20.7. The zero-order chi connectivity index (χ0) is 24.0. The second kappa shape index (κ2) is 8.87. The van der Waals surface area contributed by atoms with Crippen LogP contribution in [0.5, 0.6) is 0 Å². The molecule has 176 valence electrons. The minimum atomic E-state index is -1.30. The summed E-state index contributed by atoms with van der Waals surface area (Å²) in [6.07, 6.45) is 0.0185. The van der Waals surface area contributed by atoms with Crippen LogP contribution in [0.15, 0.2) is 44.7 Å². The first-order valence-corrected chi connectivity index (χ1v) is 13.7. The Hall–Kier alpha value is -2.61. The van der Waals surface area contributed by atoms with E-state index in [4.69, 9.17) is 5.73 Å². The number of nitrogen functional groups attached to an aromatic ring is 1. The maximum absolute atomic E-state index is 12.8. The highest BCUT2D eigenvalue weighted by molar-refractivity contribution is 8.06. The Kier molecular flexibility index (Phi) is 6.04. The van der Waals surface area contributed by atoms with E-state index >= 15 is 0 Å². The van der Waals surface area contributed by atoms with Crippen LogP contribution >= 0.6 is 46.2 Å². The summed E-state index contributed by atoms with van der Waals surface area (Å²) in [4.78, 5) is 55.5. The van der Waals surface area contributed by atoms with Crippen LogP contribution < -0.4 is 16.5 Å². The molecule has 0 bridgehead atoms. The van der Waals surface area contributed by atoms with Crippen molar-refractivity contribution in [2.75, 3.05) is 18.0 Å². The van der Waals surface area contributed by atoms with Gasteiger partial charge < -0.3 is 21.1 Å². The van der Waals surface area contributed by atoms with Crippen molar-refractivity contribution in [1.29, 1.82) is 0 Å². The van der Waals surface area contributed by atoms with Crippen molar-refractivity contribution in [3.63, 3.8) is 0 Å². The fourth-order valence-corrected chi connectivity index (χ4v) is 8.86. The number of carboxylic acids is 1.